The van der Waals surface area contributed by atoms with Gasteiger partial charge >= 0.3 is 6.18 Å². The lowest BCUT2D eigenvalue weighted by Gasteiger charge is -2.11. The SMILES string of the molecule is COc1cc(C(=O)Nc2ccc(-n3nc(-c4cccnc4)cc3C(F)(F)F)cn2)ccc1F. The van der Waals surface area contributed by atoms with Gasteiger partial charge in [-0.05, 0) is 48.5 Å². The smallest absolute Gasteiger partial charge is 0.433 e. The third-order valence-electron chi connectivity index (χ3n) is 4.60. The normalized spacial score (nSPS) is 11.3. The zero-order valence-electron chi connectivity index (χ0n) is 17.0. The van der Waals surface area contributed by atoms with Crippen LogP contribution in [0.2, 0.25) is 0 Å². The molecule has 1 aromatic carbocycles. The number of methoxy groups -OCH3 is 1. The summed E-state index contributed by atoms with van der Waals surface area (Å²) in [5.74, 6) is -1.24. The summed E-state index contributed by atoms with van der Waals surface area (Å²) in [6.07, 6.45) is -0.601. The first kappa shape index (κ1) is 21.9. The predicted molar refractivity (Wildman–Crippen MR) is 110 cm³/mol. The van der Waals surface area contributed by atoms with Crippen LogP contribution < -0.4 is 10.1 Å². The molecule has 1 amide bonds. The first-order valence-electron chi connectivity index (χ1n) is 9.45. The molecule has 0 saturated carbocycles. The third kappa shape index (κ3) is 4.66. The molecule has 0 spiro atoms. The van der Waals surface area contributed by atoms with E-state index in [1.54, 1.807) is 12.1 Å². The monoisotopic (exact) mass is 457 g/mol. The van der Waals surface area contributed by atoms with Gasteiger partial charge in [0.2, 0.25) is 0 Å². The van der Waals surface area contributed by atoms with Crippen molar-refractivity contribution in [3.8, 4) is 22.7 Å². The standard InChI is InChI=1S/C22H15F4N5O2/c1-33-18-9-13(4-6-16(18)23)21(32)29-20-7-5-15(12-28-20)31-19(22(24,25)26)10-17(30-31)14-3-2-8-27-11-14/h2-12H,1H3,(H,28,29,32). The highest BCUT2D eigenvalue weighted by atomic mass is 19.4. The molecule has 4 rings (SSSR count). The topological polar surface area (TPSA) is 81.9 Å². The molecule has 0 saturated heterocycles. The summed E-state index contributed by atoms with van der Waals surface area (Å²) < 4.78 is 59.9. The predicted octanol–water partition coefficient (Wildman–Crippen LogP) is 4.75. The van der Waals surface area contributed by atoms with Crippen molar-refractivity contribution < 1.29 is 27.1 Å². The van der Waals surface area contributed by atoms with Gasteiger partial charge < -0.3 is 10.1 Å². The summed E-state index contributed by atoms with van der Waals surface area (Å²) in [6, 6.07) is 10.4. The first-order valence-corrected chi connectivity index (χ1v) is 9.45. The third-order valence-corrected chi connectivity index (χ3v) is 4.60. The number of nitrogens with one attached hydrogen (secondary N) is 1. The lowest BCUT2D eigenvalue weighted by atomic mass is 10.2. The van der Waals surface area contributed by atoms with Crippen molar-refractivity contribution in [1.29, 1.82) is 0 Å². The minimum absolute atomic E-state index is 0.0407. The van der Waals surface area contributed by atoms with Crippen LogP contribution >= 0.6 is 0 Å². The number of benzene rings is 1. The Hall–Kier alpha value is -4.28. The van der Waals surface area contributed by atoms with Gasteiger partial charge in [0.15, 0.2) is 11.6 Å². The summed E-state index contributed by atoms with van der Waals surface area (Å²) in [4.78, 5) is 20.3. The number of rotatable bonds is 5. The van der Waals surface area contributed by atoms with Crippen LogP contribution in [0.1, 0.15) is 16.1 Å². The van der Waals surface area contributed by atoms with Crippen LogP contribution in [-0.4, -0.2) is 32.8 Å². The maximum atomic E-state index is 13.6. The van der Waals surface area contributed by atoms with Gasteiger partial charge in [-0.3, -0.25) is 9.78 Å². The van der Waals surface area contributed by atoms with Crippen LogP contribution in [0.4, 0.5) is 23.4 Å². The Balaban J connectivity index is 1.60. The van der Waals surface area contributed by atoms with Gasteiger partial charge in [-0.25, -0.2) is 14.1 Å². The van der Waals surface area contributed by atoms with E-state index in [1.807, 2.05) is 0 Å². The molecule has 0 fully saturated rings. The van der Waals surface area contributed by atoms with Crippen molar-refractivity contribution in [2.45, 2.75) is 6.18 Å². The number of alkyl halides is 3. The zero-order valence-corrected chi connectivity index (χ0v) is 17.0. The van der Waals surface area contributed by atoms with E-state index in [4.69, 9.17) is 4.74 Å². The van der Waals surface area contributed by atoms with Crippen molar-refractivity contribution >= 4 is 11.7 Å². The number of ether oxygens (including phenoxy) is 1. The van der Waals surface area contributed by atoms with E-state index in [9.17, 15) is 22.4 Å². The summed E-state index contributed by atoms with van der Waals surface area (Å²) in [5, 5.41) is 6.56. The van der Waals surface area contributed by atoms with Gasteiger partial charge in [0.05, 0.1) is 24.7 Å². The molecule has 168 valence electrons. The number of hydrogen-bond donors (Lipinski definition) is 1. The number of halogens is 4. The minimum atomic E-state index is -4.66. The van der Waals surface area contributed by atoms with Crippen LogP contribution in [-0.2, 0) is 6.18 Å². The number of carbonyl (C=O) groups excluding carboxylic acids is 1. The Labute approximate surface area is 184 Å². The van der Waals surface area contributed by atoms with Crippen molar-refractivity contribution in [3.63, 3.8) is 0 Å². The van der Waals surface area contributed by atoms with Gasteiger partial charge in [0.25, 0.3) is 5.91 Å². The summed E-state index contributed by atoms with van der Waals surface area (Å²) >= 11 is 0. The van der Waals surface area contributed by atoms with E-state index in [0.717, 1.165) is 23.0 Å². The molecule has 1 N–H and O–H groups in total. The van der Waals surface area contributed by atoms with E-state index in [1.165, 1.54) is 43.8 Å². The molecule has 33 heavy (non-hydrogen) atoms. The molecule has 0 unspecified atom stereocenters. The lowest BCUT2D eigenvalue weighted by Crippen LogP contribution is -2.15. The molecule has 3 aromatic heterocycles. The molecule has 11 heteroatoms. The van der Waals surface area contributed by atoms with Crippen LogP contribution in [0.25, 0.3) is 16.9 Å². The molecule has 0 atom stereocenters. The highest BCUT2D eigenvalue weighted by molar-refractivity contribution is 6.04. The zero-order chi connectivity index (χ0) is 23.6. The second-order valence-corrected chi connectivity index (χ2v) is 6.77. The molecular weight excluding hydrogens is 442 g/mol. The van der Waals surface area contributed by atoms with E-state index in [-0.39, 0.29) is 28.5 Å². The number of pyridine rings is 2. The van der Waals surface area contributed by atoms with Crippen LogP contribution in [0.5, 0.6) is 5.75 Å². The number of amides is 1. The molecular formula is C22H15F4N5O2. The number of aromatic nitrogens is 4. The first-order chi connectivity index (χ1) is 15.8. The van der Waals surface area contributed by atoms with Gasteiger partial charge in [0.1, 0.15) is 11.5 Å². The van der Waals surface area contributed by atoms with Gasteiger partial charge in [-0.1, -0.05) is 0 Å². The molecule has 0 aliphatic rings. The Morgan fingerprint density at radius 3 is 2.55 bits per heavy atom. The van der Waals surface area contributed by atoms with E-state index < -0.39 is 23.6 Å². The van der Waals surface area contributed by atoms with E-state index >= 15 is 0 Å². The molecule has 0 aliphatic heterocycles. The minimum Gasteiger partial charge on any atom is -0.494 e. The second kappa shape index (κ2) is 8.69. The van der Waals surface area contributed by atoms with E-state index in [2.05, 4.69) is 20.4 Å². The molecule has 3 heterocycles. The number of anilines is 1. The summed E-state index contributed by atoms with van der Waals surface area (Å²) in [5.41, 5.74) is -0.310. The van der Waals surface area contributed by atoms with Gasteiger partial charge in [-0.2, -0.15) is 18.3 Å². The highest BCUT2D eigenvalue weighted by Crippen LogP contribution is 2.34. The fraction of sp³-hybridized carbons (Fsp3) is 0.0909. The van der Waals surface area contributed by atoms with Crippen molar-refractivity contribution in [1.82, 2.24) is 19.7 Å². The Morgan fingerprint density at radius 2 is 1.91 bits per heavy atom. The summed E-state index contributed by atoms with van der Waals surface area (Å²) in [6.45, 7) is 0. The number of hydrogen-bond acceptors (Lipinski definition) is 5. The Bertz CT molecular complexity index is 1290. The molecule has 0 aliphatic carbocycles. The van der Waals surface area contributed by atoms with Crippen molar-refractivity contribution in [3.05, 3.63) is 84.2 Å². The lowest BCUT2D eigenvalue weighted by molar-refractivity contribution is -0.142. The molecule has 7 nitrogen and oxygen atoms in total. The fourth-order valence-electron chi connectivity index (χ4n) is 3.01. The second-order valence-electron chi connectivity index (χ2n) is 6.77. The molecule has 0 radical (unpaired) electrons. The average molecular weight is 457 g/mol. The molecule has 0 bridgehead atoms. The van der Waals surface area contributed by atoms with E-state index in [0.29, 0.717) is 5.56 Å². The highest BCUT2D eigenvalue weighted by Gasteiger charge is 2.36. The van der Waals surface area contributed by atoms with Gasteiger partial charge in [-0.15, -0.1) is 0 Å². The Kier molecular flexibility index (Phi) is 5.78. The largest absolute Gasteiger partial charge is 0.494 e. The number of carbonyl (C=O) groups is 1. The molecule has 4 aromatic rings. The quantitative estimate of drug-likeness (QED) is 0.438. The van der Waals surface area contributed by atoms with Crippen molar-refractivity contribution in [2.24, 2.45) is 0 Å². The van der Waals surface area contributed by atoms with Crippen LogP contribution in [0.15, 0.2) is 67.1 Å². The maximum absolute atomic E-state index is 13.6. The average Bonchev–Trinajstić information content (AvgIpc) is 3.27. The van der Waals surface area contributed by atoms with Gasteiger partial charge in [0, 0.05) is 23.5 Å². The summed E-state index contributed by atoms with van der Waals surface area (Å²) in [7, 11) is 1.27. The van der Waals surface area contributed by atoms with Crippen molar-refractivity contribution in [2.75, 3.05) is 12.4 Å². The maximum Gasteiger partial charge on any atom is 0.433 e. The van der Waals surface area contributed by atoms with Crippen LogP contribution in [0.3, 0.4) is 0 Å². The van der Waals surface area contributed by atoms with Crippen LogP contribution in [0, 0.1) is 5.82 Å². The number of nitrogens with zero attached hydrogens (tertiary/aromatic N) is 4. The fourth-order valence-corrected chi connectivity index (χ4v) is 3.01. The Morgan fingerprint density at radius 1 is 1.09 bits per heavy atom.